The third-order valence-corrected chi connectivity index (χ3v) is 3.16. The van der Waals surface area contributed by atoms with E-state index < -0.39 is 6.10 Å². The van der Waals surface area contributed by atoms with Crippen molar-refractivity contribution in [2.75, 3.05) is 20.3 Å². The molecule has 0 aromatic heterocycles. The summed E-state index contributed by atoms with van der Waals surface area (Å²) >= 11 is 10.9. The summed E-state index contributed by atoms with van der Waals surface area (Å²) < 4.78 is 10.5. The summed E-state index contributed by atoms with van der Waals surface area (Å²) in [4.78, 5) is 12.1. The highest BCUT2D eigenvalue weighted by molar-refractivity contribution is 7.80. The van der Waals surface area contributed by atoms with Crippen LogP contribution in [0, 0.1) is 0 Å². The molecule has 21 heavy (non-hydrogen) atoms. The quantitative estimate of drug-likeness (QED) is 0.562. The third-order valence-electron chi connectivity index (χ3n) is 2.71. The molecule has 0 aliphatic heterocycles. The van der Waals surface area contributed by atoms with Gasteiger partial charge in [0, 0.05) is 25.3 Å². The molecule has 1 amide bonds. The average Bonchev–Trinajstić information content (AvgIpc) is 2.43. The van der Waals surface area contributed by atoms with Crippen molar-refractivity contribution in [1.29, 1.82) is 0 Å². The summed E-state index contributed by atoms with van der Waals surface area (Å²) in [6.45, 7) is 2.77. The smallest absolute Gasteiger partial charge is 0.260 e. The van der Waals surface area contributed by atoms with Crippen LogP contribution in [0.5, 0.6) is 5.75 Å². The van der Waals surface area contributed by atoms with Crippen LogP contribution in [0.15, 0.2) is 18.2 Å². The first-order chi connectivity index (χ1) is 9.95. The maximum atomic E-state index is 11.9. The maximum Gasteiger partial charge on any atom is 0.260 e. The second-order valence-corrected chi connectivity index (χ2v) is 5.28. The van der Waals surface area contributed by atoms with Gasteiger partial charge in [-0.1, -0.05) is 23.8 Å². The van der Waals surface area contributed by atoms with Crippen molar-refractivity contribution in [3.05, 3.63) is 28.8 Å². The first kappa shape index (κ1) is 17.7. The van der Waals surface area contributed by atoms with E-state index >= 15 is 0 Å². The Balaban J connectivity index is 2.65. The number of halogens is 1. The molecule has 5 nitrogen and oxygen atoms in total. The molecule has 1 rings (SSSR count). The van der Waals surface area contributed by atoms with E-state index in [4.69, 9.17) is 39.0 Å². The van der Waals surface area contributed by atoms with Crippen molar-refractivity contribution >= 4 is 34.7 Å². The third kappa shape index (κ3) is 5.87. The Morgan fingerprint density at radius 3 is 2.86 bits per heavy atom. The fraction of sp³-hybridized carbons (Fsp3) is 0.429. The summed E-state index contributed by atoms with van der Waals surface area (Å²) in [6, 6.07) is 4.92. The topological polar surface area (TPSA) is 73.6 Å². The zero-order chi connectivity index (χ0) is 15.8. The molecule has 0 fully saturated rings. The minimum absolute atomic E-state index is 0.189. The zero-order valence-corrected chi connectivity index (χ0v) is 13.6. The van der Waals surface area contributed by atoms with E-state index in [1.165, 1.54) is 0 Å². The number of nitrogens with one attached hydrogen (secondary N) is 1. The molecule has 0 spiro atoms. The molecular weight excluding hydrogens is 312 g/mol. The summed E-state index contributed by atoms with van der Waals surface area (Å²) in [5.74, 6) is 0.175. The number of rotatable bonds is 8. The first-order valence-corrected chi connectivity index (χ1v) is 7.27. The van der Waals surface area contributed by atoms with Gasteiger partial charge in [-0.2, -0.15) is 0 Å². The molecule has 1 aromatic carbocycles. The summed E-state index contributed by atoms with van der Waals surface area (Å²) in [6.07, 6.45) is 0.0590. The summed E-state index contributed by atoms with van der Waals surface area (Å²) in [7, 11) is 1.62. The van der Waals surface area contributed by atoms with Gasteiger partial charge in [0.05, 0.1) is 5.56 Å². The molecular formula is C14H19ClN2O3S. The van der Waals surface area contributed by atoms with Crippen LogP contribution in [-0.4, -0.2) is 37.3 Å². The van der Waals surface area contributed by atoms with Crippen molar-refractivity contribution in [1.82, 2.24) is 5.32 Å². The number of ether oxygens (including phenoxy) is 2. The van der Waals surface area contributed by atoms with Crippen molar-refractivity contribution in [2.45, 2.75) is 19.4 Å². The molecule has 1 unspecified atom stereocenters. The maximum absolute atomic E-state index is 11.9. The minimum atomic E-state index is -0.681. The number of benzene rings is 1. The zero-order valence-electron chi connectivity index (χ0n) is 12.0. The lowest BCUT2D eigenvalue weighted by molar-refractivity contribution is -0.127. The Labute approximate surface area is 134 Å². The lowest BCUT2D eigenvalue weighted by Crippen LogP contribution is -2.37. The number of hydrogen-bond donors (Lipinski definition) is 2. The Morgan fingerprint density at radius 1 is 1.52 bits per heavy atom. The number of nitrogens with two attached hydrogens (primary N) is 1. The fourth-order valence-corrected chi connectivity index (χ4v) is 1.94. The number of hydrogen-bond acceptors (Lipinski definition) is 4. The molecule has 0 aliphatic rings. The van der Waals surface area contributed by atoms with Gasteiger partial charge in [0.15, 0.2) is 6.10 Å². The summed E-state index contributed by atoms with van der Waals surface area (Å²) in [5.41, 5.74) is 6.17. The molecule has 7 heteroatoms. The molecule has 1 aromatic rings. The van der Waals surface area contributed by atoms with Gasteiger partial charge in [-0.15, -0.1) is 0 Å². The van der Waals surface area contributed by atoms with Crippen LogP contribution in [0.1, 0.15) is 18.9 Å². The van der Waals surface area contributed by atoms with Crippen molar-refractivity contribution < 1.29 is 14.3 Å². The highest BCUT2D eigenvalue weighted by atomic mass is 35.5. The standard InChI is InChI=1S/C14H19ClN2O3S/c1-9(14(18)17-6-3-7-19-2)20-12-8-10(15)4-5-11(12)13(16)21/h4-5,8-9H,3,6-7H2,1-2H3,(H2,16,21)(H,17,18). The summed E-state index contributed by atoms with van der Waals surface area (Å²) in [5, 5.41) is 3.24. The van der Waals surface area contributed by atoms with E-state index in [0.717, 1.165) is 6.42 Å². The van der Waals surface area contributed by atoms with E-state index in [0.29, 0.717) is 29.5 Å². The van der Waals surface area contributed by atoms with Gasteiger partial charge in [-0.25, -0.2) is 0 Å². The van der Waals surface area contributed by atoms with E-state index in [9.17, 15) is 4.79 Å². The molecule has 116 valence electrons. The van der Waals surface area contributed by atoms with Crippen LogP contribution in [0.4, 0.5) is 0 Å². The number of carbonyl (C=O) groups excluding carboxylic acids is 1. The van der Waals surface area contributed by atoms with Crippen LogP contribution < -0.4 is 15.8 Å². The van der Waals surface area contributed by atoms with Gasteiger partial charge in [0.25, 0.3) is 5.91 Å². The predicted molar refractivity (Wildman–Crippen MR) is 86.9 cm³/mol. The Kier molecular flexibility index (Phi) is 7.42. The number of amides is 1. The van der Waals surface area contributed by atoms with Crippen LogP contribution >= 0.6 is 23.8 Å². The molecule has 0 bridgehead atoms. The number of carbonyl (C=O) groups is 1. The lowest BCUT2D eigenvalue weighted by atomic mass is 10.2. The Bertz CT molecular complexity index is 511. The number of thiocarbonyl (C=S) groups is 1. The largest absolute Gasteiger partial charge is 0.480 e. The predicted octanol–water partition coefficient (Wildman–Crippen LogP) is 1.89. The van der Waals surface area contributed by atoms with Crippen LogP contribution in [-0.2, 0) is 9.53 Å². The van der Waals surface area contributed by atoms with E-state index in [-0.39, 0.29) is 10.9 Å². The molecule has 0 heterocycles. The highest BCUT2D eigenvalue weighted by Gasteiger charge is 2.17. The first-order valence-electron chi connectivity index (χ1n) is 6.48. The van der Waals surface area contributed by atoms with Crippen molar-refractivity contribution in [2.24, 2.45) is 5.73 Å². The van der Waals surface area contributed by atoms with Crippen molar-refractivity contribution in [3.8, 4) is 5.75 Å². The number of methoxy groups -OCH3 is 1. The fourth-order valence-electron chi connectivity index (χ4n) is 1.61. The van der Waals surface area contributed by atoms with E-state index in [1.54, 1.807) is 32.2 Å². The van der Waals surface area contributed by atoms with Crippen LogP contribution in [0.2, 0.25) is 5.02 Å². The Hall–Kier alpha value is -1.37. The van der Waals surface area contributed by atoms with Crippen molar-refractivity contribution in [3.63, 3.8) is 0 Å². The van der Waals surface area contributed by atoms with Gasteiger partial charge in [-0.05, 0) is 31.5 Å². The van der Waals surface area contributed by atoms with Gasteiger partial charge in [0.1, 0.15) is 10.7 Å². The molecule has 3 N–H and O–H groups in total. The Morgan fingerprint density at radius 2 is 2.24 bits per heavy atom. The van der Waals surface area contributed by atoms with E-state index in [1.807, 2.05) is 0 Å². The molecule has 0 radical (unpaired) electrons. The normalized spacial score (nSPS) is 11.8. The lowest BCUT2D eigenvalue weighted by Gasteiger charge is -2.17. The second-order valence-electron chi connectivity index (χ2n) is 4.40. The van der Waals surface area contributed by atoms with Gasteiger partial charge < -0.3 is 20.5 Å². The average molecular weight is 331 g/mol. The second kappa shape index (κ2) is 8.81. The van der Waals surface area contributed by atoms with Crippen LogP contribution in [0.25, 0.3) is 0 Å². The van der Waals surface area contributed by atoms with Gasteiger partial charge in [-0.3, -0.25) is 4.79 Å². The molecule has 1 atom stereocenters. The monoisotopic (exact) mass is 330 g/mol. The van der Waals surface area contributed by atoms with E-state index in [2.05, 4.69) is 5.32 Å². The highest BCUT2D eigenvalue weighted by Crippen LogP contribution is 2.24. The molecule has 0 saturated heterocycles. The SMILES string of the molecule is COCCCNC(=O)C(C)Oc1cc(Cl)ccc1C(N)=S. The van der Waals surface area contributed by atoms with Crippen LogP contribution in [0.3, 0.4) is 0 Å². The van der Waals surface area contributed by atoms with Gasteiger partial charge >= 0.3 is 0 Å². The molecule has 0 saturated carbocycles. The van der Waals surface area contributed by atoms with Gasteiger partial charge in [0.2, 0.25) is 0 Å². The minimum Gasteiger partial charge on any atom is -0.480 e. The molecule has 0 aliphatic carbocycles.